The summed E-state index contributed by atoms with van der Waals surface area (Å²) in [4.78, 5) is 12.5. The molecule has 3 aromatic rings. The number of aryl methyl sites for hydroxylation is 1. The Morgan fingerprint density at radius 3 is 2.54 bits per heavy atom. The van der Waals surface area contributed by atoms with E-state index in [1.165, 1.54) is 0 Å². The summed E-state index contributed by atoms with van der Waals surface area (Å²) in [5.41, 5.74) is 1.58. The largest absolute Gasteiger partial charge is 0.386 e. The van der Waals surface area contributed by atoms with Crippen LogP contribution < -0.4 is 10.6 Å². The van der Waals surface area contributed by atoms with Crippen LogP contribution in [0.1, 0.15) is 25.1 Å². The molecule has 0 bridgehead atoms. The Hall–Kier alpha value is -2.54. The van der Waals surface area contributed by atoms with Crippen molar-refractivity contribution in [2.75, 3.05) is 10.6 Å². The number of aromatic nitrogens is 2. The number of hydrogen-bond donors (Lipinski definition) is 3. The third kappa shape index (κ3) is 4.47. The van der Waals surface area contributed by atoms with Crippen molar-refractivity contribution in [3.05, 3.63) is 69.8 Å². The lowest BCUT2D eigenvalue weighted by atomic mass is 9.98. The molecule has 0 aliphatic carbocycles. The van der Waals surface area contributed by atoms with Gasteiger partial charge in [-0.15, -0.1) is 0 Å². The molecule has 0 spiro atoms. The predicted molar refractivity (Wildman–Crippen MR) is 113 cm³/mol. The highest BCUT2D eigenvalue weighted by Gasteiger charge is 2.18. The van der Waals surface area contributed by atoms with Gasteiger partial charge in [0, 0.05) is 6.07 Å². The first-order chi connectivity index (χ1) is 13.1. The van der Waals surface area contributed by atoms with Crippen molar-refractivity contribution in [1.29, 1.82) is 0 Å². The number of rotatable bonds is 4. The normalized spacial score (nSPS) is 11.4. The van der Waals surface area contributed by atoms with Crippen LogP contribution >= 0.6 is 23.2 Å². The Labute approximate surface area is 173 Å². The van der Waals surface area contributed by atoms with Crippen LogP contribution in [0.2, 0.25) is 10.0 Å². The fourth-order valence-electron chi connectivity index (χ4n) is 2.67. The molecule has 0 saturated heterocycles. The molecule has 2 amide bonds. The standard InChI is InChI=1S/C20H20Cl2N4O2/c1-12-10-17(24-19(27)23-16-9-5-8-15(21)18(16)22)26(25-12)14-7-4-6-13(11-14)20(2,3)28/h4-11,28H,1-3H3,(H2,23,24,27). The molecule has 1 aromatic heterocycles. The number of benzene rings is 2. The van der Waals surface area contributed by atoms with Gasteiger partial charge >= 0.3 is 6.03 Å². The molecule has 0 aliphatic rings. The Bertz CT molecular complexity index is 1030. The van der Waals surface area contributed by atoms with Crippen LogP contribution in [-0.2, 0) is 5.60 Å². The molecule has 0 saturated carbocycles. The number of urea groups is 1. The molecule has 146 valence electrons. The minimum atomic E-state index is -0.994. The highest BCUT2D eigenvalue weighted by molar-refractivity contribution is 6.44. The van der Waals surface area contributed by atoms with Gasteiger partial charge < -0.3 is 10.4 Å². The van der Waals surface area contributed by atoms with E-state index in [1.807, 2.05) is 31.2 Å². The number of nitrogens with zero attached hydrogens (tertiary/aromatic N) is 2. The van der Waals surface area contributed by atoms with Gasteiger partial charge in [0.2, 0.25) is 0 Å². The van der Waals surface area contributed by atoms with Crippen LogP contribution in [-0.4, -0.2) is 20.9 Å². The van der Waals surface area contributed by atoms with Crippen LogP contribution in [0.25, 0.3) is 5.69 Å². The van der Waals surface area contributed by atoms with Crippen LogP contribution in [0.15, 0.2) is 48.5 Å². The number of halogens is 2. The molecule has 0 fully saturated rings. The summed E-state index contributed by atoms with van der Waals surface area (Å²) in [6.45, 7) is 5.25. The highest BCUT2D eigenvalue weighted by Crippen LogP contribution is 2.30. The Kier molecular flexibility index (Phi) is 5.65. The van der Waals surface area contributed by atoms with Gasteiger partial charge in [-0.25, -0.2) is 9.48 Å². The summed E-state index contributed by atoms with van der Waals surface area (Å²) in [5.74, 6) is 0.473. The zero-order chi connectivity index (χ0) is 20.5. The Balaban J connectivity index is 1.87. The summed E-state index contributed by atoms with van der Waals surface area (Å²) in [7, 11) is 0. The van der Waals surface area contributed by atoms with Gasteiger partial charge in [0.1, 0.15) is 5.82 Å². The summed E-state index contributed by atoms with van der Waals surface area (Å²) in [6.07, 6.45) is 0. The van der Waals surface area contributed by atoms with E-state index in [4.69, 9.17) is 23.2 Å². The van der Waals surface area contributed by atoms with Crippen molar-refractivity contribution >= 4 is 40.7 Å². The van der Waals surface area contributed by atoms with Gasteiger partial charge in [-0.2, -0.15) is 5.10 Å². The van der Waals surface area contributed by atoms with Gasteiger partial charge in [0.25, 0.3) is 0 Å². The van der Waals surface area contributed by atoms with Crippen LogP contribution in [0.4, 0.5) is 16.3 Å². The number of hydrogen-bond acceptors (Lipinski definition) is 3. The maximum Gasteiger partial charge on any atom is 0.324 e. The van der Waals surface area contributed by atoms with Crippen molar-refractivity contribution in [3.63, 3.8) is 0 Å². The maximum absolute atomic E-state index is 12.5. The van der Waals surface area contributed by atoms with E-state index in [9.17, 15) is 9.90 Å². The first-order valence-corrected chi connectivity index (χ1v) is 9.33. The summed E-state index contributed by atoms with van der Waals surface area (Å²) in [5, 5.41) is 20.8. The van der Waals surface area contributed by atoms with Gasteiger partial charge in [-0.1, -0.05) is 41.4 Å². The molecular weight excluding hydrogens is 399 g/mol. The second-order valence-electron chi connectivity index (χ2n) is 6.87. The quantitative estimate of drug-likeness (QED) is 0.533. The van der Waals surface area contributed by atoms with E-state index < -0.39 is 11.6 Å². The highest BCUT2D eigenvalue weighted by atomic mass is 35.5. The number of amides is 2. The molecular formula is C20H20Cl2N4O2. The fraction of sp³-hybridized carbons (Fsp3) is 0.200. The topological polar surface area (TPSA) is 79.2 Å². The van der Waals surface area contributed by atoms with Crippen LogP contribution in [0.3, 0.4) is 0 Å². The summed E-state index contributed by atoms with van der Waals surface area (Å²) < 4.78 is 1.60. The lowest BCUT2D eigenvalue weighted by molar-refractivity contribution is 0.0786. The Morgan fingerprint density at radius 2 is 1.82 bits per heavy atom. The van der Waals surface area contributed by atoms with Crippen molar-refractivity contribution in [1.82, 2.24) is 9.78 Å². The van der Waals surface area contributed by atoms with E-state index in [-0.39, 0.29) is 5.02 Å². The van der Waals surface area contributed by atoms with Gasteiger partial charge in [-0.3, -0.25) is 5.32 Å². The van der Waals surface area contributed by atoms with Gasteiger partial charge in [0.05, 0.1) is 32.7 Å². The van der Waals surface area contributed by atoms with E-state index in [0.29, 0.717) is 22.2 Å². The van der Waals surface area contributed by atoms with Crippen molar-refractivity contribution < 1.29 is 9.90 Å². The number of carbonyl (C=O) groups excluding carboxylic acids is 1. The molecule has 0 aliphatic heterocycles. The van der Waals surface area contributed by atoms with Crippen LogP contribution in [0.5, 0.6) is 0 Å². The predicted octanol–water partition coefficient (Wildman–Crippen LogP) is 5.36. The number of anilines is 2. The molecule has 3 N–H and O–H groups in total. The van der Waals surface area contributed by atoms with Crippen LogP contribution in [0, 0.1) is 6.92 Å². The molecule has 0 radical (unpaired) electrons. The second-order valence-corrected chi connectivity index (χ2v) is 7.66. The van der Waals surface area contributed by atoms with Crippen molar-refractivity contribution in [2.24, 2.45) is 0 Å². The fourth-order valence-corrected chi connectivity index (χ4v) is 3.02. The Morgan fingerprint density at radius 1 is 1.11 bits per heavy atom. The third-order valence-electron chi connectivity index (χ3n) is 4.07. The molecule has 0 unspecified atom stereocenters. The minimum absolute atomic E-state index is 0.266. The van der Waals surface area contributed by atoms with E-state index >= 15 is 0 Å². The molecule has 2 aromatic carbocycles. The molecule has 1 heterocycles. The molecule has 6 nitrogen and oxygen atoms in total. The average molecular weight is 419 g/mol. The van der Waals surface area contributed by atoms with Gasteiger partial charge in [-0.05, 0) is 50.6 Å². The second kappa shape index (κ2) is 7.83. The first-order valence-electron chi connectivity index (χ1n) is 8.57. The van der Waals surface area contributed by atoms with Crippen molar-refractivity contribution in [3.8, 4) is 5.69 Å². The number of aliphatic hydroxyl groups is 1. The third-order valence-corrected chi connectivity index (χ3v) is 4.89. The zero-order valence-electron chi connectivity index (χ0n) is 15.6. The van der Waals surface area contributed by atoms with E-state index in [1.54, 1.807) is 42.8 Å². The van der Waals surface area contributed by atoms with E-state index in [2.05, 4.69) is 15.7 Å². The lowest BCUT2D eigenvalue weighted by Crippen LogP contribution is -2.21. The summed E-state index contributed by atoms with van der Waals surface area (Å²) in [6, 6.07) is 13.6. The maximum atomic E-state index is 12.5. The first kappa shape index (κ1) is 20.2. The SMILES string of the molecule is Cc1cc(NC(=O)Nc2cccc(Cl)c2Cl)n(-c2cccc(C(C)(C)O)c2)n1. The molecule has 28 heavy (non-hydrogen) atoms. The smallest absolute Gasteiger partial charge is 0.324 e. The lowest BCUT2D eigenvalue weighted by Gasteiger charge is -2.19. The van der Waals surface area contributed by atoms with Gasteiger partial charge in [0.15, 0.2) is 0 Å². The number of nitrogens with one attached hydrogen (secondary N) is 2. The summed E-state index contributed by atoms with van der Waals surface area (Å²) >= 11 is 12.1. The minimum Gasteiger partial charge on any atom is -0.386 e. The average Bonchev–Trinajstić information content (AvgIpc) is 2.98. The zero-order valence-corrected chi connectivity index (χ0v) is 17.1. The van der Waals surface area contributed by atoms with Crippen molar-refractivity contribution in [2.45, 2.75) is 26.4 Å². The molecule has 0 atom stereocenters. The van der Waals surface area contributed by atoms with E-state index in [0.717, 1.165) is 11.3 Å². The molecule has 8 heteroatoms. The molecule has 3 rings (SSSR count). The number of carbonyl (C=O) groups is 1. The monoisotopic (exact) mass is 418 g/mol.